The normalized spacial score (nSPS) is 20.1. The van der Waals surface area contributed by atoms with Crippen molar-refractivity contribution in [1.29, 1.82) is 0 Å². The van der Waals surface area contributed by atoms with E-state index in [1.54, 1.807) is 6.07 Å². The summed E-state index contributed by atoms with van der Waals surface area (Å²) in [4.78, 5) is 4.52. The number of benzene rings is 1. The van der Waals surface area contributed by atoms with Crippen LogP contribution in [0.2, 0.25) is 0 Å². The molecule has 1 atom stereocenters. The van der Waals surface area contributed by atoms with Gasteiger partial charge >= 0.3 is 0 Å². The SMILES string of the molecule is Cc1cc(F)ccc1-c1csc(C2CCCN2F)n1. The van der Waals surface area contributed by atoms with Gasteiger partial charge in [-0.2, -0.15) is 0 Å². The third kappa shape index (κ3) is 2.40. The van der Waals surface area contributed by atoms with Gasteiger partial charge in [0.15, 0.2) is 0 Å². The number of nitrogens with zero attached hydrogens (tertiary/aromatic N) is 2. The van der Waals surface area contributed by atoms with Gasteiger partial charge < -0.3 is 0 Å². The second-order valence-corrected chi connectivity index (χ2v) is 5.70. The third-order valence-corrected chi connectivity index (χ3v) is 4.40. The first-order valence-electron chi connectivity index (χ1n) is 6.29. The Morgan fingerprint density at radius 1 is 1.42 bits per heavy atom. The minimum Gasteiger partial charge on any atom is -0.239 e. The number of aromatic nitrogens is 1. The lowest BCUT2D eigenvalue weighted by Gasteiger charge is -2.11. The number of halogens is 2. The average Bonchev–Trinajstić information content (AvgIpc) is 2.97. The van der Waals surface area contributed by atoms with Gasteiger partial charge in [0, 0.05) is 17.5 Å². The Balaban J connectivity index is 1.92. The standard InChI is InChI=1S/C14H14F2N2S/c1-9-7-10(15)4-5-11(9)12-8-19-14(17-12)13-3-2-6-18(13)16/h4-5,7-8,13H,2-3,6H2,1H3. The lowest BCUT2D eigenvalue weighted by molar-refractivity contribution is 0.0102. The fourth-order valence-corrected chi connectivity index (χ4v) is 3.41. The van der Waals surface area contributed by atoms with Crippen molar-refractivity contribution >= 4 is 11.3 Å². The zero-order chi connectivity index (χ0) is 13.4. The van der Waals surface area contributed by atoms with E-state index >= 15 is 0 Å². The predicted molar refractivity (Wildman–Crippen MR) is 72.0 cm³/mol. The quantitative estimate of drug-likeness (QED) is 0.763. The smallest absolute Gasteiger partial charge is 0.123 e. The van der Waals surface area contributed by atoms with Gasteiger partial charge in [0.2, 0.25) is 0 Å². The highest BCUT2D eigenvalue weighted by molar-refractivity contribution is 7.10. The predicted octanol–water partition coefficient (Wildman–Crippen LogP) is 4.28. The Morgan fingerprint density at radius 3 is 2.95 bits per heavy atom. The third-order valence-electron chi connectivity index (χ3n) is 3.46. The molecule has 1 saturated heterocycles. The summed E-state index contributed by atoms with van der Waals surface area (Å²) >= 11 is 1.47. The molecule has 2 aromatic rings. The van der Waals surface area contributed by atoms with E-state index in [9.17, 15) is 8.87 Å². The van der Waals surface area contributed by atoms with Gasteiger partial charge in [-0.25, -0.2) is 9.37 Å². The van der Waals surface area contributed by atoms with Crippen molar-refractivity contribution < 1.29 is 8.87 Å². The Kier molecular flexibility index (Phi) is 3.33. The fraction of sp³-hybridized carbons (Fsp3) is 0.357. The molecule has 5 heteroatoms. The highest BCUT2D eigenvalue weighted by atomic mass is 32.1. The van der Waals surface area contributed by atoms with Gasteiger partial charge in [-0.3, -0.25) is 0 Å². The summed E-state index contributed by atoms with van der Waals surface area (Å²) in [5.74, 6) is -0.248. The molecule has 2 nitrogen and oxygen atoms in total. The van der Waals surface area contributed by atoms with Crippen molar-refractivity contribution in [3.8, 4) is 11.3 Å². The van der Waals surface area contributed by atoms with Gasteiger partial charge in [0.25, 0.3) is 0 Å². The van der Waals surface area contributed by atoms with E-state index in [4.69, 9.17) is 0 Å². The molecule has 1 aliphatic rings. The molecule has 0 N–H and O–H groups in total. The van der Waals surface area contributed by atoms with Crippen LogP contribution in [0.1, 0.15) is 29.5 Å². The average molecular weight is 280 g/mol. The van der Waals surface area contributed by atoms with E-state index in [-0.39, 0.29) is 11.9 Å². The Labute approximate surface area is 114 Å². The van der Waals surface area contributed by atoms with Crippen LogP contribution in [-0.2, 0) is 0 Å². The summed E-state index contributed by atoms with van der Waals surface area (Å²) in [7, 11) is 0. The molecule has 0 saturated carbocycles. The second-order valence-electron chi connectivity index (χ2n) is 4.81. The Hall–Kier alpha value is -1.33. The van der Waals surface area contributed by atoms with Crippen LogP contribution in [0.15, 0.2) is 23.6 Å². The maximum absolute atomic E-state index is 13.6. The Bertz CT molecular complexity index is 597. The first kappa shape index (κ1) is 12.7. The molecule has 0 bridgehead atoms. The fourth-order valence-electron chi connectivity index (χ4n) is 2.45. The molecule has 19 heavy (non-hydrogen) atoms. The van der Waals surface area contributed by atoms with Gasteiger partial charge in [0.1, 0.15) is 10.8 Å². The molecule has 2 heterocycles. The van der Waals surface area contributed by atoms with Crippen LogP contribution in [0.25, 0.3) is 11.3 Å². The summed E-state index contributed by atoms with van der Waals surface area (Å²) < 4.78 is 26.7. The van der Waals surface area contributed by atoms with E-state index in [1.165, 1.54) is 23.5 Å². The largest absolute Gasteiger partial charge is 0.239 e. The zero-order valence-electron chi connectivity index (χ0n) is 10.6. The monoisotopic (exact) mass is 280 g/mol. The molecule has 100 valence electrons. The summed E-state index contributed by atoms with van der Waals surface area (Å²) in [6.45, 7) is 2.34. The van der Waals surface area contributed by atoms with Crippen LogP contribution in [0.3, 0.4) is 0 Å². The first-order chi connectivity index (χ1) is 9.15. The van der Waals surface area contributed by atoms with Crippen LogP contribution < -0.4 is 0 Å². The van der Waals surface area contributed by atoms with Crippen LogP contribution >= 0.6 is 11.3 Å². The summed E-state index contributed by atoms with van der Waals surface area (Å²) in [5, 5.41) is 3.58. The van der Waals surface area contributed by atoms with Crippen LogP contribution in [-0.4, -0.2) is 16.7 Å². The molecule has 0 radical (unpaired) electrons. The summed E-state index contributed by atoms with van der Waals surface area (Å²) in [5.41, 5.74) is 2.56. The molecule has 0 amide bonds. The highest BCUT2D eigenvalue weighted by Crippen LogP contribution is 2.36. The van der Waals surface area contributed by atoms with E-state index in [1.807, 2.05) is 12.3 Å². The molecule has 1 aromatic carbocycles. The molecule has 1 unspecified atom stereocenters. The van der Waals surface area contributed by atoms with Crippen molar-refractivity contribution in [2.24, 2.45) is 0 Å². The molecule has 0 aliphatic carbocycles. The van der Waals surface area contributed by atoms with Gasteiger partial charge in [-0.05, 0) is 43.5 Å². The van der Waals surface area contributed by atoms with Crippen molar-refractivity contribution in [2.45, 2.75) is 25.8 Å². The van der Waals surface area contributed by atoms with Crippen LogP contribution in [0.5, 0.6) is 0 Å². The van der Waals surface area contributed by atoms with Crippen LogP contribution in [0.4, 0.5) is 8.87 Å². The van der Waals surface area contributed by atoms with E-state index in [0.717, 1.165) is 39.8 Å². The minimum atomic E-state index is -0.248. The molecule has 1 aromatic heterocycles. The van der Waals surface area contributed by atoms with Crippen molar-refractivity contribution in [3.05, 3.63) is 40.0 Å². The first-order valence-corrected chi connectivity index (χ1v) is 7.17. The van der Waals surface area contributed by atoms with E-state index in [2.05, 4.69) is 4.98 Å². The van der Waals surface area contributed by atoms with Crippen molar-refractivity contribution in [1.82, 2.24) is 10.1 Å². The Morgan fingerprint density at radius 2 is 2.26 bits per heavy atom. The van der Waals surface area contributed by atoms with E-state index < -0.39 is 0 Å². The molecule has 1 aliphatic heterocycles. The van der Waals surface area contributed by atoms with Gasteiger partial charge in [-0.15, -0.1) is 20.9 Å². The molecular weight excluding hydrogens is 266 g/mol. The summed E-state index contributed by atoms with van der Waals surface area (Å²) in [6, 6.07) is 4.44. The highest BCUT2D eigenvalue weighted by Gasteiger charge is 2.28. The van der Waals surface area contributed by atoms with Gasteiger partial charge in [0.05, 0.1) is 11.7 Å². The second kappa shape index (κ2) is 4.98. The number of hydrogen-bond acceptors (Lipinski definition) is 3. The van der Waals surface area contributed by atoms with Gasteiger partial charge in [-0.1, -0.05) is 0 Å². The lowest BCUT2D eigenvalue weighted by atomic mass is 10.1. The maximum Gasteiger partial charge on any atom is 0.123 e. The number of thiazole rings is 1. The molecule has 1 fully saturated rings. The van der Waals surface area contributed by atoms with Crippen molar-refractivity contribution in [2.75, 3.05) is 6.54 Å². The molecule has 3 rings (SSSR count). The number of aryl methyl sites for hydroxylation is 1. The van der Waals surface area contributed by atoms with Crippen molar-refractivity contribution in [3.63, 3.8) is 0 Å². The van der Waals surface area contributed by atoms with E-state index in [0.29, 0.717) is 6.54 Å². The minimum absolute atomic E-state index is 0.209. The topological polar surface area (TPSA) is 16.1 Å². The maximum atomic E-state index is 13.6. The zero-order valence-corrected chi connectivity index (χ0v) is 11.4. The molecular formula is C14H14F2N2S. The lowest BCUT2D eigenvalue weighted by Crippen LogP contribution is -2.12. The number of rotatable bonds is 2. The summed E-state index contributed by atoms with van der Waals surface area (Å²) in [6.07, 6.45) is 1.68. The molecule has 0 spiro atoms. The number of hydrogen-bond donors (Lipinski definition) is 0. The van der Waals surface area contributed by atoms with Crippen LogP contribution in [0, 0.1) is 12.7 Å².